The molecule has 2 rings (SSSR count). The van der Waals surface area contributed by atoms with Crippen LogP contribution >= 0.6 is 0 Å². The molecule has 0 atom stereocenters. The molecule has 2 aromatic rings. The van der Waals surface area contributed by atoms with Gasteiger partial charge in [0.05, 0.1) is 0 Å². The molecule has 0 spiro atoms. The lowest BCUT2D eigenvalue weighted by Gasteiger charge is -1.91. The van der Waals surface area contributed by atoms with Crippen LogP contribution < -0.4 is 5.73 Å². The molecule has 76 valence electrons. The van der Waals surface area contributed by atoms with Crippen molar-refractivity contribution in [2.75, 3.05) is 5.73 Å². The van der Waals surface area contributed by atoms with Crippen LogP contribution in [0, 0.1) is 5.82 Å². The fourth-order valence-corrected chi connectivity index (χ4v) is 1.09. The topological polar surface area (TPSA) is 64.9 Å². The molecule has 0 aliphatic carbocycles. The Labute approximate surface area is 85.2 Å². The monoisotopic (exact) mass is 205 g/mol. The van der Waals surface area contributed by atoms with Gasteiger partial charge in [0.2, 0.25) is 5.89 Å². The molecule has 1 aromatic carbocycles. The first-order chi connectivity index (χ1) is 7.24. The van der Waals surface area contributed by atoms with Gasteiger partial charge in [-0.1, -0.05) is 17.2 Å². The predicted molar refractivity (Wildman–Crippen MR) is 54.0 cm³/mol. The van der Waals surface area contributed by atoms with E-state index in [1.807, 2.05) is 0 Å². The van der Waals surface area contributed by atoms with Crippen LogP contribution in [0.2, 0.25) is 0 Å². The summed E-state index contributed by atoms with van der Waals surface area (Å²) in [5.41, 5.74) is 5.95. The fraction of sp³-hybridized carbons (Fsp3) is 0. The average Bonchev–Trinajstić information content (AvgIpc) is 2.62. The van der Waals surface area contributed by atoms with Crippen molar-refractivity contribution in [2.24, 2.45) is 0 Å². The van der Waals surface area contributed by atoms with Crippen LogP contribution in [0.1, 0.15) is 11.5 Å². The molecule has 0 saturated carbocycles. The molecule has 15 heavy (non-hydrogen) atoms. The molecule has 0 radical (unpaired) electrons. The van der Waals surface area contributed by atoms with Gasteiger partial charge in [0.15, 0.2) is 0 Å². The molecule has 0 amide bonds. The second-order valence-corrected chi connectivity index (χ2v) is 2.87. The highest BCUT2D eigenvalue weighted by atomic mass is 19.1. The van der Waals surface area contributed by atoms with E-state index in [-0.39, 0.29) is 17.7 Å². The van der Waals surface area contributed by atoms with Gasteiger partial charge >= 0.3 is 6.01 Å². The Morgan fingerprint density at radius 2 is 2.13 bits per heavy atom. The Kier molecular flexibility index (Phi) is 2.45. The first-order valence-corrected chi connectivity index (χ1v) is 4.27. The lowest BCUT2D eigenvalue weighted by molar-refractivity contribution is 0.563. The minimum Gasteiger partial charge on any atom is -0.404 e. The zero-order chi connectivity index (χ0) is 10.7. The van der Waals surface area contributed by atoms with Crippen LogP contribution in [0.25, 0.3) is 12.2 Å². The van der Waals surface area contributed by atoms with E-state index in [4.69, 9.17) is 10.2 Å². The summed E-state index contributed by atoms with van der Waals surface area (Å²) in [6, 6.07) is 6.17. The van der Waals surface area contributed by atoms with Gasteiger partial charge in [0.25, 0.3) is 0 Å². The summed E-state index contributed by atoms with van der Waals surface area (Å²) < 4.78 is 17.7. The molecule has 0 aliphatic rings. The first kappa shape index (κ1) is 9.39. The van der Waals surface area contributed by atoms with Gasteiger partial charge in [-0.05, 0) is 23.8 Å². The molecule has 0 unspecified atom stereocenters. The van der Waals surface area contributed by atoms with Crippen molar-refractivity contribution < 1.29 is 8.81 Å². The number of nitrogens with two attached hydrogens (primary N) is 1. The second kappa shape index (κ2) is 3.91. The number of halogens is 1. The molecule has 4 nitrogen and oxygen atoms in total. The third-order valence-electron chi connectivity index (χ3n) is 1.72. The van der Waals surface area contributed by atoms with E-state index in [2.05, 4.69) is 10.2 Å². The molecule has 0 aliphatic heterocycles. The molecule has 1 heterocycles. The number of aromatic nitrogens is 2. The van der Waals surface area contributed by atoms with Crippen LogP contribution in [0.3, 0.4) is 0 Å². The van der Waals surface area contributed by atoms with Gasteiger partial charge in [-0.2, -0.15) is 0 Å². The van der Waals surface area contributed by atoms with Gasteiger partial charge in [0.1, 0.15) is 5.82 Å². The van der Waals surface area contributed by atoms with Crippen LogP contribution in [0.15, 0.2) is 28.7 Å². The average molecular weight is 205 g/mol. The van der Waals surface area contributed by atoms with Gasteiger partial charge in [-0.15, -0.1) is 5.10 Å². The Hall–Kier alpha value is -2.17. The molecule has 0 bridgehead atoms. The highest BCUT2D eigenvalue weighted by Crippen LogP contribution is 2.09. The first-order valence-electron chi connectivity index (χ1n) is 4.27. The van der Waals surface area contributed by atoms with Gasteiger partial charge < -0.3 is 10.2 Å². The SMILES string of the molecule is Nc1nnc(/C=C/c2cccc(F)c2)o1. The minimum absolute atomic E-state index is 0.00823. The molecule has 1 aromatic heterocycles. The highest BCUT2D eigenvalue weighted by molar-refractivity contribution is 5.65. The van der Waals surface area contributed by atoms with Crippen LogP contribution in [-0.2, 0) is 0 Å². The number of rotatable bonds is 2. The third-order valence-corrected chi connectivity index (χ3v) is 1.72. The van der Waals surface area contributed by atoms with E-state index < -0.39 is 0 Å². The van der Waals surface area contributed by atoms with Crippen molar-refractivity contribution in [3.63, 3.8) is 0 Å². The Morgan fingerprint density at radius 3 is 2.80 bits per heavy atom. The standard InChI is InChI=1S/C10H8FN3O/c11-8-3-1-2-7(6-8)4-5-9-13-14-10(12)15-9/h1-6H,(H2,12,14)/b5-4+. The molecular formula is C10H8FN3O. The summed E-state index contributed by atoms with van der Waals surface area (Å²) in [7, 11) is 0. The van der Waals surface area contributed by atoms with Crippen molar-refractivity contribution in [2.45, 2.75) is 0 Å². The smallest absolute Gasteiger partial charge is 0.313 e. The lowest BCUT2D eigenvalue weighted by Crippen LogP contribution is -1.81. The maximum atomic E-state index is 12.8. The van der Waals surface area contributed by atoms with E-state index >= 15 is 0 Å². The zero-order valence-corrected chi connectivity index (χ0v) is 7.72. The molecule has 0 saturated heterocycles. The van der Waals surface area contributed by atoms with E-state index in [0.29, 0.717) is 5.56 Å². The number of nitrogen functional groups attached to an aromatic ring is 1. The summed E-state index contributed by atoms with van der Waals surface area (Å²) in [6.45, 7) is 0. The molecule has 5 heteroatoms. The van der Waals surface area contributed by atoms with E-state index in [9.17, 15) is 4.39 Å². The van der Waals surface area contributed by atoms with Crippen molar-refractivity contribution in [3.8, 4) is 0 Å². The summed E-state index contributed by atoms with van der Waals surface area (Å²) in [4.78, 5) is 0. The number of benzene rings is 1. The Balaban J connectivity index is 2.18. The fourth-order valence-electron chi connectivity index (χ4n) is 1.09. The van der Waals surface area contributed by atoms with E-state index in [1.54, 1.807) is 24.3 Å². The maximum Gasteiger partial charge on any atom is 0.313 e. The Bertz CT molecular complexity index is 493. The quantitative estimate of drug-likeness (QED) is 0.813. The third kappa shape index (κ3) is 2.40. The molecular weight excluding hydrogens is 197 g/mol. The van der Waals surface area contributed by atoms with Crippen molar-refractivity contribution >= 4 is 18.2 Å². The summed E-state index contributed by atoms with van der Waals surface area (Å²) in [5.74, 6) is -0.000968. The largest absolute Gasteiger partial charge is 0.404 e. The van der Waals surface area contributed by atoms with Gasteiger partial charge in [0, 0.05) is 6.08 Å². The molecule has 2 N–H and O–H groups in total. The second-order valence-electron chi connectivity index (χ2n) is 2.87. The number of anilines is 1. The summed E-state index contributed by atoms with van der Waals surface area (Å²) in [6.07, 6.45) is 3.23. The Morgan fingerprint density at radius 1 is 1.27 bits per heavy atom. The van der Waals surface area contributed by atoms with E-state index in [1.165, 1.54) is 12.1 Å². The molecule has 0 fully saturated rings. The van der Waals surface area contributed by atoms with Crippen LogP contribution in [0.4, 0.5) is 10.4 Å². The minimum atomic E-state index is -0.290. The van der Waals surface area contributed by atoms with Gasteiger partial charge in [-0.3, -0.25) is 0 Å². The lowest BCUT2D eigenvalue weighted by atomic mass is 10.2. The summed E-state index contributed by atoms with van der Waals surface area (Å²) >= 11 is 0. The van der Waals surface area contributed by atoms with Crippen molar-refractivity contribution in [1.82, 2.24) is 10.2 Å². The van der Waals surface area contributed by atoms with E-state index in [0.717, 1.165) is 0 Å². The number of nitrogens with zero attached hydrogens (tertiary/aromatic N) is 2. The maximum absolute atomic E-state index is 12.8. The van der Waals surface area contributed by atoms with Crippen molar-refractivity contribution in [3.05, 3.63) is 41.5 Å². The van der Waals surface area contributed by atoms with Gasteiger partial charge in [-0.25, -0.2) is 4.39 Å². The summed E-state index contributed by atoms with van der Waals surface area (Å²) in [5, 5.41) is 7.11. The van der Waals surface area contributed by atoms with Crippen molar-refractivity contribution in [1.29, 1.82) is 0 Å². The zero-order valence-electron chi connectivity index (χ0n) is 7.72. The normalized spacial score (nSPS) is 11.0. The van der Waals surface area contributed by atoms with Crippen LogP contribution in [0.5, 0.6) is 0 Å². The predicted octanol–water partition coefficient (Wildman–Crippen LogP) is 1.96. The number of hydrogen-bond acceptors (Lipinski definition) is 4. The van der Waals surface area contributed by atoms with Crippen LogP contribution in [-0.4, -0.2) is 10.2 Å². The highest BCUT2D eigenvalue weighted by Gasteiger charge is 1.97. The number of hydrogen-bond donors (Lipinski definition) is 1.